The van der Waals surface area contributed by atoms with Gasteiger partial charge in [-0.25, -0.2) is 14.5 Å². The zero-order valence-corrected chi connectivity index (χ0v) is 26.8. The predicted octanol–water partition coefficient (Wildman–Crippen LogP) is -3.36. The number of fused-ring (bicyclic) bond motifs is 4. The molecule has 7 rings (SSSR count). The van der Waals surface area contributed by atoms with Crippen LogP contribution in [-0.4, -0.2) is 97.7 Å². The molecule has 8 N–H and O–H groups in total. The van der Waals surface area contributed by atoms with E-state index < -0.39 is 96.6 Å². The number of nitrogen functional groups attached to an aromatic ring is 1. The standard InChI is InChI=1S/C20H25N10O16P3/c21-19-24-14-10(16(32)26-19)23-5-30(14)18-12(31)13-8(44-18)3-42-48(37,38)45-6-1-9(43-7(6)2-41-49(39,40)46-13)29-4-22-11-15(29)25-20(27-17(11)33)28-47(34,35)36/h4-9,12-13,18,31H,1-3H2,(H,37,38)(H,39,40)(H3,21,24,26,32)(H4,25,27,28,33,34,35,36)/p-2/t6-,7-,8-,9-,12?,13+,18-/m1/s1. The Morgan fingerprint density at radius 2 is 1.53 bits per heavy atom. The molecule has 49 heavy (non-hydrogen) atoms. The maximum atomic E-state index is 13.0. The number of aromatic amines is 2. The molecule has 3 saturated heterocycles. The van der Waals surface area contributed by atoms with Crippen LogP contribution in [0.1, 0.15) is 18.9 Å². The predicted molar refractivity (Wildman–Crippen MR) is 152 cm³/mol. The van der Waals surface area contributed by atoms with Crippen LogP contribution in [0.15, 0.2) is 22.2 Å². The summed E-state index contributed by atoms with van der Waals surface area (Å²) >= 11 is 0. The van der Waals surface area contributed by atoms with Gasteiger partial charge < -0.3 is 58.0 Å². The molecule has 29 heteroatoms. The van der Waals surface area contributed by atoms with E-state index in [1.807, 2.05) is 0 Å². The van der Waals surface area contributed by atoms with Crippen LogP contribution in [0.5, 0.6) is 0 Å². The largest absolute Gasteiger partial charge is 0.756 e. The van der Waals surface area contributed by atoms with Gasteiger partial charge in [-0.1, -0.05) is 0 Å². The average molecular weight is 752 g/mol. The number of aliphatic hydroxyl groups is 1. The monoisotopic (exact) mass is 752 g/mol. The zero-order valence-electron chi connectivity index (χ0n) is 24.1. The smallest absolute Gasteiger partial charge is 0.429 e. The van der Waals surface area contributed by atoms with E-state index in [0.717, 1.165) is 21.8 Å². The van der Waals surface area contributed by atoms with E-state index in [-0.39, 0.29) is 34.7 Å². The summed E-state index contributed by atoms with van der Waals surface area (Å²) in [7, 11) is -15.5. The van der Waals surface area contributed by atoms with Crippen LogP contribution in [0.3, 0.4) is 0 Å². The summed E-state index contributed by atoms with van der Waals surface area (Å²) in [6.07, 6.45) is -9.16. The highest BCUT2D eigenvalue weighted by Crippen LogP contribution is 2.50. The van der Waals surface area contributed by atoms with E-state index in [9.17, 15) is 48.0 Å². The number of nitrogens with two attached hydrogens (primary N) is 1. The lowest BCUT2D eigenvalue weighted by Gasteiger charge is -2.34. The number of hydrogen-bond acceptors (Lipinski definition) is 19. The second kappa shape index (κ2) is 12.1. The minimum atomic E-state index is -5.35. The Morgan fingerprint density at radius 3 is 2.22 bits per heavy atom. The van der Waals surface area contributed by atoms with Crippen molar-refractivity contribution >= 4 is 57.6 Å². The highest BCUT2D eigenvalue weighted by atomic mass is 31.2. The Morgan fingerprint density at radius 1 is 0.918 bits per heavy atom. The van der Waals surface area contributed by atoms with E-state index in [1.54, 1.807) is 5.09 Å². The van der Waals surface area contributed by atoms with Crippen molar-refractivity contribution in [3.8, 4) is 0 Å². The molecule has 0 saturated carbocycles. The van der Waals surface area contributed by atoms with Gasteiger partial charge in [-0.15, -0.1) is 0 Å². The lowest BCUT2D eigenvalue weighted by molar-refractivity contribution is -0.243. The molecule has 3 unspecified atom stereocenters. The Kier molecular flexibility index (Phi) is 8.40. The van der Waals surface area contributed by atoms with Crippen molar-refractivity contribution in [2.45, 2.75) is 49.4 Å². The summed E-state index contributed by atoms with van der Waals surface area (Å²) < 4.78 is 71.4. The molecule has 266 valence electrons. The summed E-state index contributed by atoms with van der Waals surface area (Å²) in [5.74, 6) is -0.923. The number of ether oxygens (including phenoxy) is 2. The van der Waals surface area contributed by atoms with Gasteiger partial charge in [0.2, 0.25) is 11.9 Å². The van der Waals surface area contributed by atoms with Crippen LogP contribution >= 0.6 is 23.4 Å². The average Bonchev–Trinajstić information content (AvgIpc) is 3.75. The molecule has 26 nitrogen and oxygen atoms in total. The molecule has 0 amide bonds. The van der Waals surface area contributed by atoms with Crippen LogP contribution < -0.4 is 31.7 Å². The molecule has 4 aromatic heterocycles. The van der Waals surface area contributed by atoms with Crippen molar-refractivity contribution in [3.63, 3.8) is 0 Å². The molecule has 0 radical (unpaired) electrons. The minimum Gasteiger partial charge on any atom is -0.756 e. The number of phosphoric ester groups is 2. The highest BCUT2D eigenvalue weighted by molar-refractivity contribution is 7.53. The summed E-state index contributed by atoms with van der Waals surface area (Å²) in [4.78, 5) is 89.1. The molecule has 3 aliphatic heterocycles. The van der Waals surface area contributed by atoms with Gasteiger partial charge in [-0.05, 0) is 0 Å². The first-order chi connectivity index (χ1) is 23.0. The van der Waals surface area contributed by atoms with Crippen molar-refractivity contribution in [3.05, 3.63) is 33.4 Å². The minimum absolute atomic E-state index is 0.151. The first kappa shape index (κ1) is 34.0. The number of aromatic nitrogens is 8. The van der Waals surface area contributed by atoms with Crippen molar-refractivity contribution in [2.75, 3.05) is 24.0 Å². The van der Waals surface area contributed by atoms with E-state index in [0.29, 0.717) is 0 Å². The van der Waals surface area contributed by atoms with Crippen LogP contribution in [-0.2, 0) is 41.3 Å². The number of imidazole rings is 2. The third-order valence-electron chi connectivity index (χ3n) is 7.52. The number of hydrogen-bond donors (Lipinski definition) is 7. The van der Waals surface area contributed by atoms with Crippen LogP contribution in [0.25, 0.3) is 22.3 Å². The number of nitrogens with one attached hydrogen (secondary N) is 3. The second-order valence-corrected chi connectivity index (χ2v) is 14.8. The van der Waals surface area contributed by atoms with E-state index in [1.165, 1.54) is 0 Å². The highest BCUT2D eigenvalue weighted by Gasteiger charge is 2.49. The molecule has 0 aromatic carbocycles. The molecular formula is C20H23N10O16P3-2. The molecule has 0 spiro atoms. The third-order valence-corrected chi connectivity index (χ3v) is 9.98. The SMILES string of the molecule is Nc1nc2c(ncn2[C@@H]2O[C@@H]3COP(=O)([O-])O[C@@H]4C[C@H](n5cnc6c(=O)[nH]c(NP(=O)(O)O)nc65)O[C@@H]4COP(=O)([O-])O[C@@H]3C2O)c(=O)[nH]1. The van der Waals surface area contributed by atoms with E-state index in [4.69, 9.17) is 33.3 Å². The van der Waals surface area contributed by atoms with Gasteiger partial charge in [-0.3, -0.25) is 42.9 Å². The van der Waals surface area contributed by atoms with Crippen LogP contribution in [0.2, 0.25) is 0 Å². The maximum Gasteiger partial charge on any atom is 0.429 e. The lowest BCUT2D eigenvalue weighted by Crippen LogP contribution is -2.39. The zero-order chi connectivity index (χ0) is 35.0. The molecule has 0 aliphatic carbocycles. The van der Waals surface area contributed by atoms with Crippen LogP contribution in [0.4, 0.5) is 11.9 Å². The van der Waals surface area contributed by atoms with Gasteiger partial charge in [0.05, 0.1) is 32.0 Å². The Balaban J connectivity index is 1.15. The molecule has 3 aliphatic rings. The lowest BCUT2D eigenvalue weighted by atomic mass is 10.1. The Labute approximate surface area is 269 Å². The molecule has 7 heterocycles. The maximum absolute atomic E-state index is 13.0. The number of nitrogens with zero attached hydrogens (tertiary/aromatic N) is 6. The fourth-order valence-corrected chi connectivity index (χ4v) is 7.78. The van der Waals surface area contributed by atoms with Gasteiger partial charge in [0.1, 0.15) is 30.6 Å². The first-order valence-corrected chi connectivity index (χ1v) is 18.3. The van der Waals surface area contributed by atoms with Crippen LogP contribution in [0, 0.1) is 0 Å². The van der Waals surface area contributed by atoms with Gasteiger partial charge in [0.15, 0.2) is 28.6 Å². The Hall–Kier alpha value is -3.45. The van der Waals surface area contributed by atoms with Gasteiger partial charge >= 0.3 is 7.75 Å². The summed E-state index contributed by atoms with van der Waals surface area (Å²) in [5.41, 5.74) is 3.13. The molecule has 0 bridgehead atoms. The summed E-state index contributed by atoms with van der Waals surface area (Å²) in [5, 5.41) is 12.8. The van der Waals surface area contributed by atoms with Crippen molar-refractivity contribution in [1.82, 2.24) is 39.0 Å². The molecule has 4 aromatic rings. The fraction of sp³-hybridized carbons (Fsp3) is 0.500. The number of aliphatic hydroxyl groups excluding tert-OH is 1. The number of rotatable bonds is 4. The fourth-order valence-electron chi connectivity index (χ4n) is 5.51. The topological polar surface area (TPSA) is 379 Å². The van der Waals surface area contributed by atoms with Gasteiger partial charge in [0, 0.05) is 6.42 Å². The second-order valence-electron chi connectivity index (χ2n) is 10.8. The number of H-pyrrole nitrogens is 2. The van der Waals surface area contributed by atoms with Gasteiger partial charge in [-0.2, -0.15) is 9.97 Å². The first-order valence-electron chi connectivity index (χ1n) is 13.8. The quantitative estimate of drug-likeness (QED) is 0.100. The molecule has 3 fully saturated rings. The van der Waals surface area contributed by atoms with E-state index in [2.05, 4.69) is 29.9 Å². The van der Waals surface area contributed by atoms with Gasteiger partial charge in [0.25, 0.3) is 26.8 Å². The normalized spacial score (nSPS) is 34.3. The molecular weight excluding hydrogens is 729 g/mol. The summed E-state index contributed by atoms with van der Waals surface area (Å²) in [6.45, 7) is -1.82. The van der Waals surface area contributed by atoms with Crippen molar-refractivity contribution < 1.29 is 65.9 Å². The van der Waals surface area contributed by atoms with E-state index >= 15 is 0 Å². The Bertz CT molecular complexity index is 2200. The van der Waals surface area contributed by atoms with Crippen molar-refractivity contribution in [1.29, 1.82) is 0 Å². The molecule has 9 atom stereocenters. The summed E-state index contributed by atoms with van der Waals surface area (Å²) in [6, 6.07) is 0. The van der Waals surface area contributed by atoms with Crippen molar-refractivity contribution in [2.24, 2.45) is 0 Å². The third kappa shape index (κ3) is 6.72. The number of phosphoric acid groups is 2. The number of anilines is 2.